The summed E-state index contributed by atoms with van der Waals surface area (Å²) in [5, 5.41) is 5.05. The van der Waals surface area contributed by atoms with Gasteiger partial charge in [0.15, 0.2) is 0 Å². The van der Waals surface area contributed by atoms with Crippen molar-refractivity contribution >= 4 is 23.2 Å². The SMILES string of the molecule is CCNC(Cc1cccc(Cl)c1)c1ccc(Cl)cc1. The number of benzene rings is 2. The number of hydrogen-bond donors (Lipinski definition) is 1. The van der Waals surface area contributed by atoms with Crippen LogP contribution in [0.4, 0.5) is 0 Å². The average molecular weight is 294 g/mol. The van der Waals surface area contributed by atoms with Gasteiger partial charge in [-0.05, 0) is 48.4 Å². The topological polar surface area (TPSA) is 12.0 Å². The Hall–Kier alpha value is -1.02. The van der Waals surface area contributed by atoms with Crippen LogP contribution in [0.5, 0.6) is 0 Å². The van der Waals surface area contributed by atoms with Gasteiger partial charge in [-0.15, -0.1) is 0 Å². The van der Waals surface area contributed by atoms with Crippen molar-refractivity contribution in [3.8, 4) is 0 Å². The van der Waals surface area contributed by atoms with E-state index < -0.39 is 0 Å². The quantitative estimate of drug-likeness (QED) is 0.828. The highest BCUT2D eigenvalue weighted by molar-refractivity contribution is 6.30. The Balaban J connectivity index is 2.18. The fourth-order valence-corrected chi connectivity index (χ4v) is 2.49. The summed E-state index contributed by atoms with van der Waals surface area (Å²) in [4.78, 5) is 0. The summed E-state index contributed by atoms with van der Waals surface area (Å²) >= 11 is 12.0. The predicted octanol–water partition coefficient (Wildman–Crippen LogP) is 4.89. The Labute approximate surface area is 124 Å². The van der Waals surface area contributed by atoms with Crippen LogP contribution in [0.1, 0.15) is 24.1 Å². The molecule has 2 rings (SSSR count). The zero-order valence-electron chi connectivity index (χ0n) is 10.9. The molecule has 1 atom stereocenters. The van der Waals surface area contributed by atoms with Crippen molar-refractivity contribution < 1.29 is 0 Å². The van der Waals surface area contributed by atoms with Gasteiger partial charge in [0.05, 0.1) is 0 Å². The van der Waals surface area contributed by atoms with Gasteiger partial charge in [-0.3, -0.25) is 0 Å². The Bertz CT molecular complexity index is 523. The largest absolute Gasteiger partial charge is 0.310 e. The van der Waals surface area contributed by atoms with E-state index in [4.69, 9.17) is 23.2 Å². The monoisotopic (exact) mass is 293 g/mol. The van der Waals surface area contributed by atoms with Crippen LogP contribution in [-0.4, -0.2) is 6.54 Å². The zero-order valence-corrected chi connectivity index (χ0v) is 12.4. The van der Waals surface area contributed by atoms with Gasteiger partial charge in [-0.2, -0.15) is 0 Å². The number of nitrogens with one attached hydrogen (secondary N) is 1. The highest BCUT2D eigenvalue weighted by Crippen LogP contribution is 2.22. The Morgan fingerprint density at radius 2 is 1.74 bits per heavy atom. The summed E-state index contributed by atoms with van der Waals surface area (Å²) in [5.41, 5.74) is 2.47. The van der Waals surface area contributed by atoms with E-state index in [-0.39, 0.29) is 6.04 Å². The minimum absolute atomic E-state index is 0.278. The van der Waals surface area contributed by atoms with E-state index in [0.29, 0.717) is 0 Å². The molecule has 0 heterocycles. The third-order valence-electron chi connectivity index (χ3n) is 3.05. The van der Waals surface area contributed by atoms with Crippen LogP contribution >= 0.6 is 23.2 Å². The predicted molar refractivity (Wildman–Crippen MR) is 83.0 cm³/mol. The minimum atomic E-state index is 0.278. The highest BCUT2D eigenvalue weighted by Gasteiger charge is 2.11. The summed E-state index contributed by atoms with van der Waals surface area (Å²) < 4.78 is 0. The van der Waals surface area contributed by atoms with Crippen LogP contribution in [0.25, 0.3) is 0 Å². The van der Waals surface area contributed by atoms with Gasteiger partial charge in [-0.1, -0.05) is 54.4 Å². The molecule has 0 radical (unpaired) electrons. The molecular weight excluding hydrogens is 277 g/mol. The molecule has 0 fully saturated rings. The van der Waals surface area contributed by atoms with E-state index in [9.17, 15) is 0 Å². The van der Waals surface area contributed by atoms with Crippen molar-refractivity contribution in [1.29, 1.82) is 0 Å². The van der Waals surface area contributed by atoms with E-state index >= 15 is 0 Å². The highest BCUT2D eigenvalue weighted by atomic mass is 35.5. The lowest BCUT2D eigenvalue weighted by Gasteiger charge is -2.18. The van der Waals surface area contributed by atoms with Crippen LogP contribution in [-0.2, 0) is 6.42 Å². The molecule has 0 saturated heterocycles. The third kappa shape index (κ3) is 4.24. The van der Waals surface area contributed by atoms with Gasteiger partial charge in [0.25, 0.3) is 0 Å². The molecule has 0 spiro atoms. The maximum Gasteiger partial charge on any atom is 0.0408 e. The number of likely N-dealkylation sites (N-methyl/N-ethyl adjacent to an activating group) is 1. The molecule has 0 bridgehead atoms. The first-order chi connectivity index (χ1) is 9.19. The van der Waals surface area contributed by atoms with E-state index in [1.807, 2.05) is 30.3 Å². The first-order valence-corrected chi connectivity index (χ1v) is 7.18. The van der Waals surface area contributed by atoms with E-state index in [0.717, 1.165) is 23.0 Å². The van der Waals surface area contributed by atoms with Gasteiger partial charge >= 0.3 is 0 Å². The van der Waals surface area contributed by atoms with Crippen molar-refractivity contribution in [3.63, 3.8) is 0 Å². The van der Waals surface area contributed by atoms with Crippen LogP contribution in [0, 0.1) is 0 Å². The Morgan fingerprint density at radius 1 is 1.00 bits per heavy atom. The number of halogens is 2. The lowest BCUT2D eigenvalue weighted by Crippen LogP contribution is -2.22. The van der Waals surface area contributed by atoms with Crippen molar-refractivity contribution in [2.75, 3.05) is 6.54 Å². The van der Waals surface area contributed by atoms with Gasteiger partial charge in [0.2, 0.25) is 0 Å². The van der Waals surface area contributed by atoms with E-state index in [1.54, 1.807) is 0 Å². The second-order valence-electron chi connectivity index (χ2n) is 4.50. The standard InChI is InChI=1S/C16H17Cl2N/c1-2-19-16(13-6-8-14(17)9-7-13)11-12-4-3-5-15(18)10-12/h3-10,16,19H,2,11H2,1H3. The van der Waals surface area contributed by atoms with Gasteiger partial charge in [0.1, 0.15) is 0 Å². The maximum absolute atomic E-state index is 6.03. The van der Waals surface area contributed by atoms with Gasteiger partial charge in [0, 0.05) is 16.1 Å². The summed E-state index contributed by atoms with van der Waals surface area (Å²) in [6, 6.07) is 16.3. The van der Waals surface area contributed by atoms with Crippen molar-refractivity contribution in [3.05, 3.63) is 69.7 Å². The second-order valence-corrected chi connectivity index (χ2v) is 5.37. The molecule has 2 aromatic rings. The average Bonchev–Trinajstić information content (AvgIpc) is 2.39. The summed E-state index contributed by atoms with van der Waals surface area (Å²) in [6.45, 7) is 3.04. The van der Waals surface area contributed by atoms with Gasteiger partial charge < -0.3 is 5.32 Å². The molecule has 1 nitrogen and oxygen atoms in total. The van der Waals surface area contributed by atoms with Crippen molar-refractivity contribution in [2.24, 2.45) is 0 Å². The van der Waals surface area contributed by atoms with E-state index in [1.165, 1.54) is 11.1 Å². The Morgan fingerprint density at radius 3 is 2.37 bits per heavy atom. The smallest absolute Gasteiger partial charge is 0.0408 e. The zero-order chi connectivity index (χ0) is 13.7. The number of hydrogen-bond acceptors (Lipinski definition) is 1. The molecule has 0 aliphatic carbocycles. The molecular formula is C16H17Cl2N. The first-order valence-electron chi connectivity index (χ1n) is 6.42. The van der Waals surface area contributed by atoms with Crippen LogP contribution in [0.3, 0.4) is 0 Å². The van der Waals surface area contributed by atoms with Crippen molar-refractivity contribution in [1.82, 2.24) is 5.32 Å². The Kier molecular flexibility index (Phi) is 5.26. The fourth-order valence-electron chi connectivity index (χ4n) is 2.15. The molecule has 19 heavy (non-hydrogen) atoms. The molecule has 100 valence electrons. The molecule has 0 saturated carbocycles. The molecule has 1 N–H and O–H groups in total. The first kappa shape index (κ1) is 14.4. The van der Waals surface area contributed by atoms with E-state index in [2.05, 4.69) is 30.4 Å². The lowest BCUT2D eigenvalue weighted by molar-refractivity contribution is 0.550. The normalized spacial score (nSPS) is 12.4. The molecule has 2 aromatic carbocycles. The molecule has 0 amide bonds. The molecule has 3 heteroatoms. The number of rotatable bonds is 5. The fraction of sp³-hybridized carbons (Fsp3) is 0.250. The summed E-state index contributed by atoms with van der Waals surface area (Å²) in [6.07, 6.45) is 0.913. The maximum atomic E-state index is 6.03. The van der Waals surface area contributed by atoms with Crippen LogP contribution < -0.4 is 5.32 Å². The van der Waals surface area contributed by atoms with Crippen LogP contribution in [0.2, 0.25) is 10.0 Å². The lowest BCUT2D eigenvalue weighted by atomic mass is 9.99. The summed E-state index contributed by atoms with van der Waals surface area (Å²) in [5.74, 6) is 0. The van der Waals surface area contributed by atoms with Crippen LogP contribution in [0.15, 0.2) is 48.5 Å². The van der Waals surface area contributed by atoms with Gasteiger partial charge in [-0.25, -0.2) is 0 Å². The molecule has 0 aliphatic heterocycles. The molecule has 1 unspecified atom stereocenters. The minimum Gasteiger partial charge on any atom is -0.310 e. The third-order valence-corrected chi connectivity index (χ3v) is 3.54. The van der Waals surface area contributed by atoms with Crippen molar-refractivity contribution in [2.45, 2.75) is 19.4 Å². The second kappa shape index (κ2) is 6.95. The molecule has 0 aliphatic rings. The summed E-state index contributed by atoms with van der Waals surface area (Å²) in [7, 11) is 0. The molecule has 0 aromatic heterocycles.